The smallest absolute Gasteiger partial charge is 0.408 e. The second kappa shape index (κ2) is 8.41. The number of carbonyl (C=O) groups is 2. The molecule has 1 atom stereocenters. The van der Waals surface area contributed by atoms with Gasteiger partial charge in [-0.1, -0.05) is 0 Å². The van der Waals surface area contributed by atoms with Gasteiger partial charge in [-0.25, -0.2) is 4.79 Å². The van der Waals surface area contributed by atoms with Crippen molar-refractivity contribution >= 4 is 37.6 Å². The summed E-state index contributed by atoms with van der Waals surface area (Å²) in [6.45, 7) is 11.4. The van der Waals surface area contributed by atoms with Crippen molar-refractivity contribution in [1.29, 1.82) is 0 Å². The predicted octanol–water partition coefficient (Wildman–Crippen LogP) is 4.96. The first-order chi connectivity index (χ1) is 13.7. The normalized spacial score (nSPS) is 31.1. The van der Waals surface area contributed by atoms with E-state index in [-0.39, 0.29) is 23.0 Å². The summed E-state index contributed by atoms with van der Waals surface area (Å²) in [6, 6.07) is -0.747. The first kappa shape index (κ1) is 23.5. The zero-order valence-electron chi connectivity index (χ0n) is 19.2. The highest BCUT2D eigenvalue weighted by Gasteiger charge is 2.53. The van der Waals surface area contributed by atoms with Crippen LogP contribution < -0.4 is 5.32 Å². The lowest BCUT2D eigenvalue weighted by atomic mass is 9.54. The molecule has 0 saturated heterocycles. The van der Waals surface area contributed by atoms with E-state index < -0.39 is 26.1 Å². The molecule has 6 nitrogen and oxygen atoms in total. The van der Waals surface area contributed by atoms with Gasteiger partial charge in [0.1, 0.15) is 17.2 Å². The number of alkyl carbamates (subject to hydrolysis) is 1. The Morgan fingerprint density at radius 3 is 2.00 bits per heavy atom. The van der Waals surface area contributed by atoms with E-state index >= 15 is 0 Å². The molecule has 4 bridgehead atoms. The summed E-state index contributed by atoms with van der Waals surface area (Å²) in [5.74, 6) is 1.75. The largest absolute Gasteiger partial charge is 0.538 e. The highest BCUT2D eigenvalue weighted by molar-refractivity contribution is 7.80. The van der Waals surface area contributed by atoms with Gasteiger partial charge in [0, 0.05) is 0 Å². The highest BCUT2D eigenvalue weighted by atomic mass is 32.1. The molecule has 4 saturated carbocycles. The van der Waals surface area contributed by atoms with Crippen molar-refractivity contribution in [2.45, 2.75) is 103 Å². The van der Waals surface area contributed by atoms with Gasteiger partial charge in [0.25, 0.3) is 0 Å². The summed E-state index contributed by atoms with van der Waals surface area (Å²) in [4.78, 5) is 25.3. The van der Waals surface area contributed by atoms with Crippen LogP contribution in [0.15, 0.2) is 0 Å². The highest BCUT2D eigenvalue weighted by Crippen LogP contribution is 2.57. The molecule has 0 heterocycles. The Kier molecular flexibility index (Phi) is 6.59. The quantitative estimate of drug-likeness (QED) is 0.347. The van der Waals surface area contributed by atoms with E-state index in [2.05, 4.69) is 5.32 Å². The van der Waals surface area contributed by atoms with E-state index in [1.165, 1.54) is 19.3 Å². The third kappa shape index (κ3) is 6.42. The fraction of sp³-hybridized carbons (Fsp3) is 0.864. The van der Waals surface area contributed by atoms with Gasteiger partial charge in [-0.3, -0.25) is 4.79 Å². The fourth-order valence-corrected chi connectivity index (χ4v) is 7.26. The average Bonchev–Trinajstić information content (AvgIpc) is 2.48. The van der Waals surface area contributed by atoms with Gasteiger partial charge in [0.05, 0.1) is 6.42 Å². The lowest BCUT2D eigenvalue weighted by Crippen LogP contribution is -2.53. The number of carbonyl (C=O) groups excluding carboxylic acids is 2. The molecule has 4 rings (SSSR count). The van der Waals surface area contributed by atoms with Crippen molar-refractivity contribution in [2.75, 3.05) is 0 Å². The molecular formula is C22H37NO5SSi. The summed E-state index contributed by atoms with van der Waals surface area (Å²) < 4.78 is 17.4. The van der Waals surface area contributed by atoms with Crippen LogP contribution in [-0.4, -0.2) is 42.7 Å². The van der Waals surface area contributed by atoms with Crippen LogP contribution in [0.1, 0.15) is 65.7 Å². The maximum absolute atomic E-state index is 13.0. The van der Waals surface area contributed by atoms with Crippen molar-refractivity contribution in [3.63, 3.8) is 0 Å². The van der Waals surface area contributed by atoms with Crippen LogP contribution in [0.5, 0.6) is 0 Å². The van der Waals surface area contributed by atoms with E-state index in [4.69, 9.17) is 26.1 Å². The van der Waals surface area contributed by atoms with Gasteiger partial charge in [0.15, 0.2) is 5.05 Å². The summed E-state index contributed by atoms with van der Waals surface area (Å²) in [6.07, 6.45) is 6.14. The third-order valence-electron chi connectivity index (χ3n) is 6.07. The topological polar surface area (TPSA) is 73.9 Å². The molecule has 1 N–H and O–H groups in total. The maximum Gasteiger partial charge on any atom is 0.408 e. The number of hydrogen-bond donors (Lipinski definition) is 1. The lowest BCUT2D eigenvalue weighted by Gasteiger charge is -2.55. The van der Waals surface area contributed by atoms with Crippen LogP contribution in [0.4, 0.5) is 4.79 Å². The molecule has 4 aliphatic carbocycles. The SMILES string of the molecule is CC(C)(C)OC(=O)NC(CC(=O)OC12CC3CC(CC(C3)C1)C2)C(=S)O[Si](C)(C)C. The first-order valence-corrected chi connectivity index (χ1v) is 15.0. The van der Waals surface area contributed by atoms with Gasteiger partial charge < -0.3 is 19.2 Å². The van der Waals surface area contributed by atoms with Gasteiger partial charge in [0.2, 0.25) is 8.32 Å². The fourth-order valence-electron chi connectivity index (χ4n) is 5.62. The van der Waals surface area contributed by atoms with Crippen molar-refractivity contribution < 1.29 is 23.5 Å². The van der Waals surface area contributed by atoms with Crippen LogP contribution in [0.25, 0.3) is 0 Å². The molecule has 1 amide bonds. The summed E-state index contributed by atoms with van der Waals surface area (Å²) in [5.41, 5.74) is -0.959. The number of esters is 1. The van der Waals surface area contributed by atoms with Crippen LogP contribution in [0, 0.1) is 17.8 Å². The first-order valence-electron chi connectivity index (χ1n) is 11.2. The Bertz CT molecular complexity index is 661. The maximum atomic E-state index is 13.0. The number of ether oxygens (including phenoxy) is 2. The molecule has 0 radical (unpaired) electrons. The number of rotatable bonds is 6. The van der Waals surface area contributed by atoms with Crippen molar-refractivity contribution in [3.8, 4) is 0 Å². The number of thiocarbonyl (C=S) groups is 1. The van der Waals surface area contributed by atoms with Crippen molar-refractivity contribution in [1.82, 2.24) is 5.32 Å². The molecule has 0 aromatic carbocycles. The predicted molar refractivity (Wildman–Crippen MR) is 122 cm³/mol. The molecule has 170 valence electrons. The molecule has 30 heavy (non-hydrogen) atoms. The van der Waals surface area contributed by atoms with Crippen LogP contribution in [0.2, 0.25) is 19.6 Å². The molecular weight excluding hydrogens is 418 g/mol. The average molecular weight is 456 g/mol. The van der Waals surface area contributed by atoms with E-state index in [0.29, 0.717) is 17.8 Å². The van der Waals surface area contributed by atoms with Gasteiger partial charge in [-0.05, 0) is 109 Å². The molecule has 0 aromatic heterocycles. The molecule has 8 heteroatoms. The van der Waals surface area contributed by atoms with Crippen LogP contribution in [0.3, 0.4) is 0 Å². The van der Waals surface area contributed by atoms with Crippen molar-refractivity contribution in [2.24, 2.45) is 17.8 Å². The summed E-state index contributed by atoms with van der Waals surface area (Å²) in [7, 11) is -1.98. The molecule has 4 fully saturated rings. The third-order valence-corrected chi connectivity index (χ3v) is 7.41. The zero-order chi connectivity index (χ0) is 22.3. The van der Waals surface area contributed by atoms with E-state index in [0.717, 1.165) is 19.3 Å². The van der Waals surface area contributed by atoms with E-state index in [1.807, 2.05) is 19.6 Å². The molecule has 0 aliphatic heterocycles. The standard InChI is InChI=1S/C22H37NO5SSi/c1-21(2,3)27-20(25)23-17(19(29)28-30(4,5)6)10-18(24)26-22-11-14-7-15(12-22)9-16(8-14)13-22/h14-17H,7-13H2,1-6H3,(H,23,25). The van der Waals surface area contributed by atoms with Crippen LogP contribution in [-0.2, 0) is 18.7 Å². The number of hydrogen-bond acceptors (Lipinski definition) is 6. The summed E-state index contributed by atoms with van der Waals surface area (Å²) >= 11 is 5.45. The minimum Gasteiger partial charge on any atom is -0.538 e. The van der Waals surface area contributed by atoms with Gasteiger partial charge >= 0.3 is 12.1 Å². The molecule has 0 aromatic rings. The Hall–Kier alpha value is -1.15. The number of nitrogens with one attached hydrogen (secondary N) is 1. The Balaban J connectivity index is 1.65. The molecule has 1 unspecified atom stereocenters. The minimum atomic E-state index is -1.98. The Labute approximate surface area is 186 Å². The molecule has 4 aliphatic rings. The van der Waals surface area contributed by atoms with Gasteiger partial charge in [-0.2, -0.15) is 0 Å². The Morgan fingerprint density at radius 2 is 1.57 bits per heavy atom. The number of amides is 1. The zero-order valence-corrected chi connectivity index (χ0v) is 21.0. The van der Waals surface area contributed by atoms with Gasteiger partial charge in [-0.15, -0.1) is 0 Å². The second-order valence-electron chi connectivity index (χ2n) is 11.5. The van der Waals surface area contributed by atoms with E-state index in [9.17, 15) is 9.59 Å². The summed E-state index contributed by atoms with van der Waals surface area (Å²) in [5, 5.41) is 2.95. The lowest BCUT2D eigenvalue weighted by molar-refractivity contribution is -0.186. The van der Waals surface area contributed by atoms with Crippen LogP contribution >= 0.6 is 12.2 Å². The second-order valence-corrected chi connectivity index (χ2v) is 16.3. The Morgan fingerprint density at radius 1 is 1.07 bits per heavy atom. The van der Waals surface area contributed by atoms with Crippen molar-refractivity contribution in [3.05, 3.63) is 0 Å². The van der Waals surface area contributed by atoms with E-state index in [1.54, 1.807) is 20.8 Å². The monoisotopic (exact) mass is 455 g/mol. The minimum absolute atomic E-state index is 0.0374. The molecule has 0 spiro atoms.